The summed E-state index contributed by atoms with van der Waals surface area (Å²) in [5.41, 5.74) is 3.85. The van der Waals surface area contributed by atoms with E-state index in [4.69, 9.17) is 10.5 Å². The summed E-state index contributed by atoms with van der Waals surface area (Å²) in [5, 5.41) is 0. The van der Waals surface area contributed by atoms with Crippen molar-refractivity contribution in [2.75, 3.05) is 20.3 Å². The Morgan fingerprint density at radius 3 is 2.73 bits per heavy atom. The number of hydrogen-bond donors (Lipinski definition) is 1. The molecule has 0 aromatic carbocycles. The third-order valence-corrected chi connectivity index (χ3v) is 1.55. The largest absolute Gasteiger partial charge is 0.381 e. The van der Waals surface area contributed by atoms with Crippen LogP contribution >= 0.6 is 0 Å². The molecule has 0 spiro atoms. The Hall–Kier alpha value is -0.410. The normalized spacial score (nSPS) is 15.9. The van der Waals surface area contributed by atoms with Crippen molar-refractivity contribution >= 4 is 0 Å². The first-order valence-electron chi connectivity index (χ1n) is 3.70. The number of ether oxygens (including phenoxy) is 1. The van der Waals surface area contributed by atoms with E-state index in [0.29, 0.717) is 19.4 Å². The highest BCUT2D eigenvalue weighted by molar-refractivity contribution is 4.96. The summed E-state index contributed by atoms with van der Waals surface area (Å²) in [6.07, 6.45) is 2.33. The Labute approximate surface area is 67.2 Å². The van der Waals surface area contributed by atoms with E-state index in [0.717, 1.165) is 0 Å². The highest BCUT2D eigenvalue weighted by atomic mass is 19.1. The number of alkyl halides is 1. The lowest BCUT2D eigenvalue weighted by atomic mass is 10.0. The van der Waals surface area contributed by atoms with Crippen molar-refractivity contribution in [1.82, 2.24) is 0 Å². The number of hydrogen-bond acceptors (Lipinski definition) is 2. The molecule has 0 saturated heterocycles. The number of methoxy groups -OCH3 is 1. The number of rotatable bonds is 6. The van der Waals surface area contributed by atoms with Crippen molar-refractivity contribution in [3.05, 3.63) is 12.7 Å². The molecule has 0 saturated carbocycles. The van der Waals surface area contributed by atoms with Crippen molar-refractivity contribution in [3.8, 4) is 0 Å². The monoisotopic (exact) mass is 161 g/mol. The Morgan fingerprint density at radius 1 is 1.73 bits per heavy atom. The summed E-state index contributed by atoms with van der Waals surface area (Å²) < 4.78 is 18.1. The fourth-order valence-electron chi connectivity index (χ4n) is 0.869. The average molecular weight is 161 g/mol. The Morgan fingerprint density at radius 2 is 2.36 bits per heavy atom. The van der Waals surface area contributed by atoms with Gasteiger partial charge in [0.1, 0.15) is 0 Å². The Bertz CT molecular complexity index is 119. The van der Waals surface area contributed by atoms with Gasteiger partial charge in [0.05, 0.1) is 6.61 Å². The highest BCUT2D eigenvalue weighted by Gasteiger charge is 2.24. The standard InChI is InChI=1S/C8H16FNO/c1-3-8(9,7-11-2)5-4-6-10/h3H,1,4-7,10H2,2H3. The van der Waals surface area contributed by atoms with Gasteiger partial charge >= 0.3 is 0 Å². The van der Waals surface area contributed by atoms with Gasteiger partial charge in [0.2, 0.25) is 0 Å². The van der Waals surface area contributed by atoms with E-state index in [1.165, 1.54) is 13.2 Å². The molecule has 11 heavy (non-hydrogen) atoms. The molecule has 0 aliphatic carbocycles. The van der Waals surface area contributed by atoms with E-state index in [2.05, 4.69) is 6.58 Å². The quantitative estimate of drug-likeness (QED) is 0.595. The Kier molecular flexibility index (Phi) is 5.07. The molecule has 0 radical (unpaired) electrons. The van der Waals surface area contributed by atoms with E-state index in [-0.39, 0.29) is 6.61 Å². The molecule has 3 heteroatoms. The van der Waals surface area contributed by atoms with Gasteiger partial charge in [0.25, 0.3) is 0 Å². The van der Waals surface area contributed by atoms with Gasteiger partial charge in [-0.05, 0) is 19.4 Å². The van der Waals surface area contributed by atoms with Gasteiger partial charge in [-0.1, -0.05) is 12.7 Å². The summed E-state index contributed by atoms with van der Waals surface area (Å²) in [5.74, 6) is 0. The predicted molar refractivity (Wildman–Crippen MR) is 44.2 cm³/mol. The lowest BCUT2D eigenvalue weighted by Gasteiger charge is -2.19. The molecular formula is C8H16FNO. The fourth-order valence-corrected chi connectivity index (χ4v) is 0.869. The van der Waals surface area contributed by atoms with E-state index < -0.39 is 5.67 Å². The molecule has 2 N–H and O–H groups in total. The summed E-state index contributed by atoms with van der Waals surface area (Å²) in [4.78, 5) is 0. The molecule has 1 atom stereocenters. The van der Waals surface area contributed by atoms with Gasteiger partial charge in [0.15, 0.2) is 5.67 Å². The third kappa shape index (κ3) is 4.11. The smallest absolute Gasteiger partial charge is 0.152 e. The van der Waals surface area contributed by atoms with Crippen LogP contribution in [0.3, 0.4) is 0 Å². The van der Waals surface area contributed by atoms with Gasteiger partial charge in [-0.2, -0.15) is 0 Å². The maximum atomic E-state index is 13.4. The number of halogens is 1. The highest BCUT2D eigenvalue weighted by Crippen LogP contribution is 2.19. The first-order chi connectivity index (χ1) is 5.18. The van der Waals surface area contributed by atoms with Crippen LogP contribution in [0.2, 0.25) is 0 Å². The first-order valence-corrected chi connectivity index (χ1v) is 3.70. The van der Waals surface area contributed by atoms with Gasteiger partial charge in [-0.3, -0.25) is 0 Å². The molecule has 0 aliphatic rings. The van der Waals surface area contributed by atoms with E-state index in [9.17, 15) is 4.39 Å². The van der Waals surface area contributed by atoms with Crippen LogP contribution in [0.5, 0.6) is 0 Å². The SMILES string of the molecule is C=CC(F)(CCCN)COC. The fraction of sp³-hybridized carbons (Fsp3) is 0.750. The molecule has 0 amide bonds. The zero-order valence-corrected chi connectivity index (χ0v) is 6.98. The second kappa shape index (κ2) is 5.27. The van der Waals surface area contributed by atoms with E-state index in [1.54, 1.807) is 0 Å². The van der Waals surface area contributed by atoms with Crippen molar-refractivity contribution in [2.24, 2.45) is 5.73 Å². The second-order valence-electron chi connectivity index (χ2n) is 2.56. The van der Waals surface area contributed by atoms with Gasteiger partial charge in [-0.25, -0.2) is 4.39 Å². The lowest BCUT2D eigenvalue weighted by Crippen LogP contribution is -2.26. The summed E-state index contributed by atoms with van der Waals surface area (Å²) in [6, 6.07) is 0. The van der Waals surface area contributed by atoms with Crippen LogP contribution in [0.15, 0.2) is 12.7 Å². The van der Waals surface area contributed by atoms with Crippen LogP contribution in [0.4, 0.5) is 4.39 Å². The minimum atomic E-state index is -1.39. The van der Waals surface area contributed by atoms with Crippen molar-refractivity contribution in [3.63, 3.8) is 0 Å². The molecule has 0 fully saturated rings. The van der Waals surface area contributed by atoms with Gasteiger partial charge in [0, 0.05) is 7.11 Å². The van der Waals surface area contributed by atoms with Gasteiger partial charge in [-0.15, -0.1) is 0 Å². The maximum absolute atomic E-state index is 13.4. The van der Waals surface area contributed by atoms with Crippen molar-refractivity contribution in [1.29, 1.82) is 0 Å². The molecule has 1 unspecified atom stereocenters. The van der Waals surface area contributed by atoms with Crippen LogP contribution < -0.4 is 5.73 Å². The van der Waals surface area contributed by atoms with Crippen molar-refractivity contribution < 1.29 is 9.13 Å². The summed E-state index contributed by atoms with van der Waals surface area (Å²) in [7, 11) is 1.47. The molecular weight excluding hydrogens is 145 g/mol. The van der Waals surface area contributed by atoms with Crippen molar-refractivity contribution in [2.45, 2.75) is 18.5 Å². The van der Waals surface area contributed by atoms with E-state index >= 15 is 0 Å². The summed E-state index contributed by atoms with van der Waals surface area (Å²) in [6.45, 7) is 3.98. The third-order valence-electron chi connectivity index (χ3n) is 1.55. The minimum Gasteiger partial charge on any atom is -0.381 e. The molecule has 0 aromatic rings. The predicted octanol–water partition coefficient (Wildman–Crippen LogP) is 1.27. The summed E-state index contributed by atoms with van der Waals surface area (Å²) >= 11 is 0. The molecule has 0 aromatic heterocycles. The molecule has 0 rings (SSSR count). The van der Waals surface area contributed by atoms with E-state index in [1.807, 2.05) is 0 Å². The lowest BCUT2D eigenvalue weighted by molar-refractivity contribution is 0.0686. The average Bonchev–Trinajstić information content (AvgIpc) is 2.02. The maximum Gasteiger partial charge on any atom is 0.152 e. The zero-order chi connectivity index (χ0) is 8.74. The number of nitrogens with two attached hydrogens (primary N) is 1. The van der Waals surface area contributed by atoms with Gasteiger partial charge < -0.3 is 10.5 Å². The minimum absolute atomic E-state index is 0.0660. The second-order valence-corrected chi connectivity index (χ2v) is 2.56. The van der Waals surface area contributed by atoms with Crippen LogP contribution in [-0.4, -0.2) is 25.9 Å². The first kappa shape index (κ1) is 10.6. The van der Waals surface area contributed by atoms with Crippen LogP contribution in [-0.2, 0) is 4.74 Å². The Balaban J connectivity index is 3.77. The van der Waals surface area contributed by atoms with Crippen LogP contribution in [0.25, 0.3) is 0 Å². The van der Waals surface area contributed by atoms with Crippen LogP contribution in [0, 0.1) is 0 Å². The molecule has 0 bridgehead atoms. The molecule has 2 nitrogen and oxygen atoms in total. The topological polar surface area (TPSA) is 35.2 Å². The molecule has 0 aliphatic heterocycles. The zero-order valence-electron chi connectivity index (χ0n) is 6.98. The molecule has 0 heterocycles. The molecule has 66 valence electrons. The van der Waals surface area contributed by atoms with Crippen LogP contribution in [0.1, 0.15) is 12.8 Å².